The Balaban J connectivity index is 1.47. The number of rotatable bonds is 3. The number of para-hydroxylation sites is 1. The fourth-order valence-corrected chi connectivity index (χ4v) is 4.78. The van der Waals surface area contributed by atoms with Crippen LogP contribution in [0.3, 0.4) is 0 Å². The lowest BCUT2D eigenvalue weighted by Crippen LogP contribution is -2.68. The second-order valence-electron chi connectivity index (χ2n) is 7.09. The van der Waals surface area contributed by atoms with E-state index in [4.69, 9.17) is 0 Å². The van der Waals surface area contributed by atoms with E-state index >= 15 is 0 Å². The van der Waals surface area contributed by atoms with Crippen molar-refractivity contribution in [1.29, 1.82) is 0 Å². The Hall–Kier alpha value is -2.81. The second-order valence-corrected chi connectivity index (χ2v) is 8.10. The molecule has 8 nitrogen and oxygen atoms in total. The van der Waals surface area contributed by atoms with E-state index in [0.29, 0.717) is 22.3 Å². The summed E-state index contributed by atoms with van der Waals surface area (Å²) in [6.45, 7) is 0. The third-order valence-corrected chi connectivity index (χ3v) is 6.53. The van der Waals surface area contributed by atoms with Crippen molar-refractivity contribution in [1.82, 2.24) is 15.5 Å². The molecule has 1 aromatic heterocycles. The first kappa shape index (κ1) is 16.4. The van der Waals surface area contributed by atoms with Crippen LogP contribution in [0.2, 0.25) is 0 Å². The number of hydrogen-bond acceptors (Lipinski definition) is 6. The summed E-state index contributed by atoms with van der Waals surface area (Å²) < 4.78 is 0. The monoisotopic (exact) mass is 383 g/mol. The van der Waals surface area contributed by atoms with Crippen LogP contribution in [-0.2, 0) is 9.59 Å². The molecular formula is C18H17N5O3S. The Morgan fingerprint density at radius 1 is 1.26 bits per heavy atom. The largest absolute Gasteiger partial charge is 0.321 e. The maximum absolute atomic E-state index is 13.2. The van der Waals surface area contributed by atoms with Crippen molar-refractivity contribution in [3.63, 3.8) is 0 Å². The van der Waals surface area contributed by atoms with Crippen molar-refractivity contribution in [2.75, 3.05) is 10.2 Å². The van der Waals surface area contributed by atoms with E-state index in [0.717, 1.165) is 17.8 Å². The van der Waals surface area contributed by atoms with E-state index in [9.17, 15) is 14.4 Å². The zero-order chi connectivity index (χ0) is 18.6. The second kappa shape index (κ2) is 5.85. The van der Waals surface area contributed by atoms with Gasteiger partial charge in [0.15, 0.2) is 0 Å². The topological polar surface area (TPSA) is 104 Å². The van der Waals surface area contributed by atoms with E-state index in [1.165, 1.54) is 22.7 Å². The predicted molar refractivity (Wildman–Crippen MR) is 98.5 cm³/mol. The van der Waals surface area contributed by atoms with Gasteiger partial charge < -0.3 is 5.32 Å². The molecule has 5 rings (SSSR count). The summed E-state index contributed by atoms with van der Waals surface area (Å²) in [4.78, 5) is 39.7. The minimum atomic E-state index is -1.43. The molecule has 3 aliphatic rings. The molecule has 9 heteroatoms. The fraction of sp³-hybridized carbons (Fsp3) is 0.389. The summed E-state index contributed by atoms with van der Waals surface area (Å²) >= 11 is 1.36. The number of aromatic nitrogens is 2. The lowest BCUT2D eigenvalue weighted by molar-refractivity contribution is -0.124. The Morgan fingerprint density at radius 3 is 2.85 bits per heavy atom. The van der Waals surface area contributed by atoms with Gasteiger partial charge in [-0.25, -0.2) is 0 Å². The molecule has 1 saturated carbocycles. The highest BCUT2D eigenvalue weighted by Crippen LogP contribution is 2.41. The molecule has 1 saturated heterocycles. The highest BCUT2D eigenvalue weighted by molar-refractivity contribution is 7.15. The van der Waals surface area contributed by atoms with Crippen molar-refractivity contribution in [2.24, 2.45) is 0 Å². The minimum Gasteiger partial charge on any atom is -0.321 e. The molecule has 1 aliphatic carbocycles. The van der Waals surface area contributed by atoms with Crippen LogP contribution in [0, 0.1) is 0 Å². The quantitative estimate of drug-likeness (QED) is 0.844. The third-order valence-electron chi connectivity index (χ3n) is 5.53. The number of nitrogens with one attached hydrogen (secondary N) is 2. The smallest absolute Gasteiger partial charge is 0.273 e. The number of carbonyl (C=O) groups is 3. The number of carbonyl (C=O) groups excluding carboxylic acids is 3. The van der Waals surface area contributed by atoms with Crippen LogP contribution < -0.4 is 15.5 Å². The van der Waals surface area contributed by atoms with Gasteiger partial charge in [0.25, 0.3) is 11.8 Å². The van der Waals surface area contributed by atoms with Crippen LogP contribution in [0.1, 0.15) is 53.4 Å². The van der Waals surface area contributed by atoms with Gasteiger partial charge in [0.1, 0.15) is 5.01 Å². The molecule has 138 valence electrons. The average molecular weight is 383 g/mol. The van der Waals surface area contributed by atoms with Crippen LogP contribution in [0.25, 0.3) is 0 Å². The first-order valence-corrected chi connectivity index (χ1v) is 9.79. The van der Waals surface area contributed by atoms with Gasteiger partial charge in [-0.1, -0.05) is 29.9 Å². The van der Waals surface area contributed by atoms with Crippen molar-refractivity contribution in [3.05, 3.63) is 34.8 Å². The molecule has 2 N–H and O–H groups in total. The van der Waals surface area contributed by atoms with E-state index in [1.807, 2.05) is 0 Å². The molecule has 2 aliphatic heterocycles. The first-order valence-electron chi connectivity index (χ1n) is 8.98. The van der Waals surface area contributed by atoms with Gasteiger partial charge in [0.2, 0.25) is 16.7 Å². The van der Waals surface area contributed by atoms with Gasteiger partial charge in [-0.3, -0.25) is 24.6 Å². The van der Waals surface area contributed by atoms with Crippen LogP contribution >= 0.6 is 11.3 Å². The molecule has 3 amide bonds. The van der Waals surface area contributed by atoms with E-state index in [2.05, 4.69) is 20.8 Å². The number of anilines is 2. The molecule has 0 radical (unpaired) electrons. The Labute approximate surface area is 159 Å². The van der Waals surface area contributed by atoms with Gasteiger partial charge in [0.05, 0.1) is 11.3 Å². The Kier molecular flexibility index (Phi) is 3.55. The van der Waals surface area contributed by atoms with E-state index < -0.39 is 11.6 Å². The summed E-state index contributed by atoms with van der Waals surface area (Å²) in [5.74, 6) is -0.589. The predicted octanol–water partition coefficient (Wildman–Crippen LogP) is 2.01. The summed E-state index contributed by atoms with van der Waals surface area (Å²) in [7, 11) is 0. The number of amides is 3. The Bertz CT molecular complexity index is 969. The molecule has 2 fully saturated rings. The van der Waals surface area contributed by atoms with Gasteiger partial charge in [-0.05, 0) is 25.0 Å². The zero-order valence-corrected chi connectivity index (χ0v) is 15.2. The first-order chi connectivity index (χ1) is 13.1. The lowest BCUT2D eigenvalue weighted by atomic mass is 9.86. The standard InChI is InChI=1S/C18H17N5O3S/c24-13-8-9-18(20-14(25)11-6-1-2-7-12(11)23(13)18)16(26)19-17-22-21-15(27-17)10-4-3-5-10/h1-2,6-7,10H,3-5,8-9H2,(H,20,25)(H,19,22,26)/t18-/m0/s1. The van der Waals surface area contributed by atoms with Crippen molar-refractivity contribution < 1.29 is 14.4 Å². The highest BCUT2D eigenvalue weighted by Gasteiger charge is 2.56. The molecular weight excluding hydrogens is 366 g/mol. The van der Waals surface area contributed by atoms with Gasteiger partial charge in [0, 0.05) is 18.8 Å². The number of benzene rings is 1. The molecule has 2 aromatic rings. The van der Waals surface area contributed by atoms with Gasteiger partial charge in [-0.2, -0.15) is 0 Å². The SMILES string of the molecule is O=C1N[C@@]2(C(=O)Nc3nnc(C4CCC4)s3)CCC(=O)N2c2ccccc21. The maximum Gasteiger partial charge on any atom is 0.273 e. The Morgan fingerprint density at radius 2 is 2.07 bits per heavy atom. The van der Waals surface area contributed by atoms with E-state index in [-0.39, 0.29) is 24.7 Å². The maximum atomic E-state index is 13.2. The summed E-state index contributed by atoms with van der Waals surface area (Å²) in [5.41, 5.74) is -0.573. The van der Waals surface area contributed by atoms with Gasteiger partial charge in [-0.15, -0.1) is 10.2 Å². The van der Waals surface area contributed by atoms with Crippen molar-refractivity contribution in [2.45, 2.75) is 43.7 Å². The number of nitrogens with zero attached hydrogens (tertiary/aromatic N) is 3. The van der Waals surface area contributed by atoms with Crippen LogP contribution in [0.4, 0.5) is 10.8 Å². The van der Waals surface area contributed by atoms with Crippen molar-refractivity contribution >= 4 is 39.9 Å². The van der Waals surface area contributed by atoms with Gasteiger partial charge >= 0.3 is 0 Å². The molecule has 0 unspecified atom stereocenters. The molecule has 0 spiro atoms. The zero-order valence-electron chi connectivity index (χ0n) is 14.4. The summed E-state index contributed by atoms with van der Waals surface area (Å²) in [6, 6.07) is 6.82. The summed E-state index contributed by atoms with van der Waals surface area (Å²) in [6.07, 6.45) is 3.79. The van der Waals surface area contributed by atoms with Crippen molar-refractivity contribution in [3.8, 4) is 0 Å². The molecule has 1 atom stereocenters. The molecule has 1 aromatic carbocycles. The number of hydrogen-bond donors (Lipinski definition) is 2. The fourth-order valence-electron chi connectivity index (χ4n) is 3.88. The summed E-state index contributed by atoms with van der Waals surface area (Å²) in [5, 5.41) is 15.1. The van der Waals surface area contributed by atoms with E-state index in [1.54, 1.807) is 24.3 Å². The third kappa shape index (κ3) is 2.38. The molecule has 0 bridgehead atoms. The lowest BCUT2D eigenvalue weighted by Gasteiger charge is -2.41. The molecule has 27 heavy (non-hydrogen) atoms. The minimum absolute atomic E-state index is 0.186. The van der Waals surface area contributed by atoms with Crippen LogP contribution in [-0.4, -0.2) is 33.6 Å². The number of fused-ring (bicyclic) bond motifs is 3. The highest BCUT2D eigenvalue weighted by atomic mass is 32.1. The molecule has 3 heterocycles. The van der Waals surface area contributed by atoms with Crippen LogP contribution in [0.5, 0.6) is 0 Å². The normalized spacial score (nSPS) is 24.1. The average Bonchev–Trinajstić information content (AvgIpc) is 3.19. The van der Waals surface area contributed by atoms with Crippen LogP contribution in [0.15, 0.2) is 24.3 Å².